The molecule has 1 aliphatic rings. The molecular weight excluding hydrogens is 402 g/mol. The maximum absolute atomic E-state index is 11.5. The third-order valence-electron chi connectivity index (χ3n) is 3.64. The fourth-order valence-corrected chi connectivity index (χ4v) is 3.36. The quantitative estimate of drug-likeness (QED) is 0.824. The number of benzene rings is 1. The van der Waals surface area contributed by atoms with Crippen molar-refractivity contribution in [1.29, 1.82) is 0 Å². The normalized spacial score (nSPS) is 18.5. The van der Waals surface area contributed by atoms with Crippen LogP contribution in [0.15, 0.2) is 43.9 Å². The summed E-state index contributed by atoms with van der Waals surface area (Å²) in [4.78, 5) is 13.6. The number of carboxylic acids is 1. The first-order valence-electron chi connectivity index (χ1n) is 6.51. The van der Waals surface area contributed by atoms with Crippen LogP contribution in [0.5, 0.6) is 0 Å². The number of halogens is 2. The van der Waals surface area contributed by atoms with E-state index in [1.54, 1.807) is 0 Å². The van der Waals surface area contributed by atoms with Crippen LogP contribution in [-0.2, 0) is 17.9 Å². The second-order valence-electron chi connectivity index (χ2n) is 5.09. The van der Waals surface area contributed by atoms with Gasteiger partial charge in [-0.15, -0.1) is 0 Å². The van der Waals surface area contributed by atoms with Gasteiger partial charge in [-0.1, -0.05) is 24.3 Å². The standard InChI is InChI=1S/C15H13Br2NO3/c16-13-5-10(21-14(13)17)7-18-6-9-3-1-2-4-11(9)12(8-18)15(19)20/h1-5,12H,6-8H2,(H,19,20). The van der Waals surface area contributed by atoms with Gasteiger partial charge in [-0.05, 0) is 49.1 Å². The minimum atomic E-state index is -0.783. The van der Waals surface area contributed by atoms with Crippen LogP contribution >= 0.6 is 31.9 Å². The molecule has 1 unspecified atom stereocenters. The summed E-state index contributed by atoms with van der Waals surface area (Å²) in [6.45, 7) is 1.81. The van der Waals surface area contributed by atoms with E-state index < -0.39 is 11.9 Å². The molecule has 2 heterocycles. The van der Waals surface area contributed by atoms with Crippen LogP contribution in [0.2, 0.25) is 0 Å². The van der Waals surface area contributed by atoms with E-state index in [0.717, 1.165) is 27.9 Å². The molecule has 1 aliphatic heterocycles. The van der Waals surface area contributed by atoms with Crippen molar-refractivity contribution in [3.63, 3.8) is 0 Å². The topological polar surface area (TPSA) is 53.7 Å². The summed E-state index contributed by atoms with van der Waals surface area (Å²) in [5.74, 6) is -0.469. The van der Waals surface area contributed by atoms with E-state index in [4.69, 9.17) is 4.42 Å². The number of carboxylic acid groups (broad SMARTS) is 1. The van der Waals surface area contributed by atoms with E-state index in [2.05, 4.69) is 36.8 Å². The lowest BCUT2D eigenvalue weighted by molar-refractivity contribution is -0.139. The van der Waals surface area contributed by atoms with Crippen molar-refractivity contribution in [3.05, 3.63) is 56.4 Å². The molecule has 0 radical (unpaired) electrons. The zero-order valence-corrected chi connectivity index (χ0v) is 14.2. The molecule has 0 bridgehead atoms. The highest BCUT2D eigenvalue weighted by Crippen LogP contribution is 2.31. The average Bonchev–Trinajstić information content (AvgIpc) is 2.76. The largest absolute Gasteiger partial charge is 0.481 e. The van der Waals surface area contributed by atoms with E-state index in [1.807, 2.05) is 30.3 Å². The SMILES string of the molecule is O=C(O)C1CN(Cc2cc(Br)c(Br)o2)Cc2ccccc21. The van der Waals surface area contributed by atoms with Crippen LogP contribution in [-0.4, -0.2) is 22.5 Å². The zero-order chi connectivity index (χ0) is 15.0. The number of hydrogen-bond acceptors (Lipinski definition) is 3. The summed E-state index contributed by atoms with van der Waals surface area (Å²) in [7, 11) is 0. The highest BCUT2D eigenvalue weighted by atomic mass is 79.9. The smallest absolute Gasteiger partial charge is 0.312 e. The first-order chi connectivity index (χ1) is 10.0. The third-order valence-corrected chi connectivity index (χ3v) is 5.35. The van der Waals surface area contributed by atoms with Crippen LogP contribution < -0.4 is 0 Å². The maximum atomic E-state index is 11.5. The molecule has 21 heavy (non-hydrogen) atoms. The molecule has 1 aromatic carbocycles. The summed E-state index contributed by atoms with van der Waals surface area (Å²) in [5, 5.41) is 9.45. The predicted octanol–water partition coefficient (Wildman–Crippen LogP) is 3.99. The van der Waals surface area contributed by atoms with Crippen molar-refractivity contribution in [2.24, 2.45) is 0 Å². The lowest BCUT2D eigenvalue weighted by Gasteiger charge is -2.32. The average molecular weight is 415 g/mol. The molecule has 1 atom stereocenters. The maximum Gasteiger partial charge on any atom is 0.312 e. The Bertz CT molecular complexity index is 664. The van der Waals surface area contributed by atoms with Crippen molar-refractivity contribution in [2.45, 2.75) is 19.0 Å². The summed E-state index contributed by atoms with van der Waals surface area (Å²) < 4.78 is 7.10. The van der Waals surface area contributed by atoms with Gasteiger partial charge in [0.15, 0.2) is 4.67 Å². The number of aliphatic carboxylic acids is 1. The van der Waals surface area contributed by atoms with Gasteiger partial charge in [-0.2, -0.15) is 0 Å². The van der Waals surface area contributed by atoms with Crippen LogP contribution in [0, 0.1) is 0 Å². The highest BCUT2D eigenvalue weighted by molar-refractivity contribution is 9.13. The molecule has 0 amide bonds. The number of carbonyl (C=O) groups is 1. The molecule has 0 fully saturated rings. The number of rotatable bonds is 3. The molecule has 4 nitrogen and oxygen atoms in total. The Labute approximate surface area is 139 Å². The predicted molar refractivity (Wildman–Crippen MR) is 85.0 cm³/mol. The van der Waals surface area contributed by atoms with Crippen molar-refractivity contribution in [2.75, 3.05) is 6.54 Å². The Morgan fingerprint density at radius 1 is 1.38 bits per heavy atom. The van der Waals surface area contributed by atoms with Gasteiger partial charge in [0.25, 0.3) is 0 Å². The van der Waals surface area contributed by atoms with Gasteiger partial charge >= 0.3 is 5.97 Å². The van der Waals surface area contributed by atoms with Crippen molar-refractivity contribution in [3.8, 4) is 0 Å². The lowest BCUT2D eigenvalue weighted by Crippen LogP contribution is -2.36. The second kappa shape index (κ2) is 5.94. The summed E-state index contributed by atoms with van der Waals surface area (Å²) in [6, 6.07) is 9.64. The van der Waals surface area contributed by atoms with Crippen molar-refractivity contribution in [1.82, 2.24) is 4.90 Å². The molecule has 0 saturated carbocycles. The molecule has 6 heteroatoms. The Morgan fingerprint density at radius 3 is 2.81 bits per heavy atom. The van der Waals surface area contributed by atoms with Crippen molar-refractivity contribution < 1.29 is 14.3 Å². The van der Waals surface area contributed by atoms with Crippen molar-refractivity contribution >= 4 is 37.8 Å². The number of furan rings is 1. The van der Waals surface area contributed by atoms with Crippen LogP contribution in [0.3, 0.4) is 0 Å². The Morgan fingerprint density at radius 2 is 2.14 bits per heavy atom. The van der Waals surface area contributed by atoms with Gasteiger partial charge in [-0.3, -0.25) is 9.69 Å². The number of nitrogens with zero attached hydrogens (tertiary/aromatic N) is 1. The van der Waals surface area contributed by atoms with E-state index in [0.29, 0.717) is 17.8 Å². The highest BCUT2D eigenvalue weighted by Gasteiger charge is 2.30. The summed E-state index contributed by atoms with van der Waals surface area (Å²) in [6.07, 6.45) is 0. The Hall–Kier alpha value is -1.11. The van der Waals surface area contributed by atoms with E-state index in [9.17, 15) is 9.90 Å². The van der Waals surface area contributed by atoms with E-state index in [-0.39, 0.29) is 0 Å². The first-order valence-corrected chi connectivity index (χ1v) is 8.10. The minimum Gasteiger partial charge on any atom is -0.481 e. The second-order valence-corrected chi connectivity index (χ2v) is 6.67. The fraction of sp³-hybridized carbons (Fsp3) is 0.267. The van der Waals surface area contributed by atoms with Crippen LogP contribution in [0.1, 0.15) is 22.8 Å². The monoisotopic (exact) mass is 413 g/mol. The van der Waals surface area contributed by atoms with Gasteiger partial charge in [0.1, 0.15) is 5.76 Å². The fourth-order valence-electron chi connectivity index (χ4n) is 2.70. The number of fused-ring (bicyclic) bond motifs is 1. The number of hydrogen-bond donors (Lipinski definition) is 1. The molecule has 1 aromatic heterocycles. The molecule has 2 aromatic rings. The molecule has 0 saturated heterocycles. The Balaban J connectivity index is 1.84. The van der Waals surface area contributed by atoms with E-state index >= 15 is 0 Å². The summed E-state index contributed by atoms with van der Waals surface area (Å²) >= 11 is 6.70. The molecule has 0 aliphatic carbocycles. The molecule has 3 rings (SSSR count). The third kappa shape index (κ3) is 3.07. The minimum absolute atomic E-state index is 0.488. The van der Waals surface area contributed by atoms with Gasteiger partial charge in [0.2, 0.25) is 0 Å². The van der Waals surface area contributed by atoms with Crippen LogP contribution in [0.4, 0.5) is 0 Å². The first kappa shape index (κ1) is 14.8. The van der Waals surface area contributed by atoms with Gasteiger partial charge < -0.3 is 9.52 Å². The zero-order valence-electron chi connectivity index (χ0n) is 11.1. The molecule has 0 spiro atoms. The van der Waals surface area contributed by atoms with Gasteiger partial charge in [0.05, 0.1) is 16.9 Å². The molecule has 1 N–H and O–H groups in total. The molecule has 110 valence electrons. The molecular formula is C15H13Br2NO3. The summed E-state index contributed by atoms with van der Waals surface area (Å²) in [5.41, 5.74) is 1.99. The van der Waals surface area contributed by atoms with Gasteiger partial charge in [-0.25, -0.2) is 0 Å². The lowest BCUT2D eigenvalue weighted by atomic mass is 9.90. The Kier molecular flexibility index (Phi) is 4.19. The van der Waals surface area contributed by atoms with Gasteiger partial charge in [0, 0.05) is 13.1 Å². The van der Waals surface area contributed by atoms with Crippen LogP contribution in [0.25, 0.3) is 0 Å². The van der Waals surface area contributed by atoms with E-state index in [1.165, 1.54) is 0 Å².